The minimum absolute atomic E-state index is 0.102. The van der Waals surface area contributed by atoms with E-state index in [9.17, 15) is 4.79 Å². The maximum absolute atomic E-state index is 10.2. The predicted octanol–water partition coefficient (Wildman–Crippen LogP) is 0.163. The normalized spacial score (nSPS) is 20.0. The van der Waals surface area contributed by atoms with Crippen LogP contribution in [0.2, 0.25) is 0 Å². The summed E-state index contributed by atoms with van der Waals surface area (Å²) >= 11 is 5.89. The van der Waals surface area contributed by atoms with Gasteiger partial charge in [0, 0.05) is 0 Å². The molecule has 1 aliphatic rings. The molecule has 38 valence electrons. The Hall–Kier alpha value is -0.0900. The molecule has 1 amide bonds. The first kappa shape index (κ1) is 5.05. The van der Waals surface area contributed by atoms with Gasteiger partial charge in [0.1, 0.15) is 0 Å². The molecule has 0 aromatic heterocycles. The minimum atomic E-state index is -0.102. The van der Waals surface area contributed by atoms with Crippen molar-refractivity contribution >= 4 is 34.7 Å². The third-order valence-corrected chi connectivity index (χ3v) is 1.71. The molecule has 1 rings (SSSR count). The van der Waals surface area contributed by atoms with Crippen molar-refractivity contribution in [1.82, 2.24) is 0 Å². The summed E-state index contributed by atoms with van der Waals surface area (Å²) in [5.74, 6) is 0.341. The molecular formula is C3H2NOS2-. The van der Waals surface area contributed by atoms with Gasteiger partial charge < -0.3 is 12.6 Å². The van der Waals surface area contributed by atoms with E-state index in [0.717, 1.165) is 0 Å². The molecule has 0 saturated carbocycles. The number of nitrogens with zero attached hydrogens (tertiary/aromatic N) is 1. The highest BCUT2D eigenvalue weighted by Gasteiger charge is 2.03. The van der Waals surface area contributed by atoms with Gasteiger partial charge in [0.05, 0.1) is 5.75 Å². The van der Waals surface area contributed by atoms with Gasteiger partial charge in [0.2, 0.25) is 0 Å². The highest BCUT2D eigenvalue weighted by Crippen LogP contribution is 2.10. The maximum Gasteiger partial charge on any atom is 0.254 e. The molecule has 0 N–H and O–H groups in total. The summed E-state index contributed by atoms with van der Waals surface area (Å²) in [6.07, 6.45) is 0. The molecule has 0 atom stereocenters. The van der Waals surface area contributed by atoms with Crippen LogP contribution in [-0.2, 0) is 17.4 Å². The lowest BCUT2D eigenvalue weighted by Crippen LogP contribution is -1.86. The molecular weight excluding hydrogens is 130 g/mol. The standard InChI is InChI=1S/C3H3NOS2/c5-2-1-7-3(6)4-2/h1H2,(H,4,5,6)/p-1. The molecule has 0 aromatic carbocycles. The number of thioether (sulfide) groups is 1. The minimum Gasteiger partial charge on any atom is -0.753 e. The first-order valence-corrected chi connectivity index (χ1v) is 3.10. The Balaban J connectivity index is 2.67. The van der Waals surface area contributed by atoms with Crippen molar-refractivity contribution in [3.05, 3.63) is 0 Å². The van der Waals surface area contributed by atoms with Crippen LogP contribution in [0.3, 0.4) is 0 Å². The third kappa shape index (κ3) is 1.14. The maximum atomic E-state index is 10.2. The molecule has 0 radical (unpaired) electrons. The molecule has 0 aliphatic carbocycles. The molecule has 0 spiro atoms. The zero-order valence-electron chi connectivity index (χ0n) is 3.38. The largest absolute Gasteiger partial charge is 0.753 e. The summed E-state index contributed by atoms with van der Waals surface area (Å²) in [5, 5.41) is 0. The quantitative estimate of drug-likeness (QED) is 0.440. The Bertz CT molecular complexity index is 131. The Morgan fingerprint density at radius 1 is 1.86 bits per heavy atom. The monoisotopic (exact) mass is 132 g/mol. The number of aliphatic imine (C=N–C) groups is 1. The summed E-state index contributed by atoms with van der Waals surface area (Å²) in [4.78, 5) is 13.6. The molecule has 0 aromatic rings. The zero-order chi connectivity index (χ0) is 5.28. The molecule has 1 heterocycles. The van der Waals surface area contributed by atoms with Crippen LogP contribution in [0.15, 0.2) is 4.99 Å². The van der Waals surface area contributed by atoms with Gasteiger partial charge in [0.15, 0.2) is 0 Å². The number of hydrogen-bond donors (Lipinski definition) is 0. The summed E-state index contributed by atoms with van der Waals surface area (Å²) in [7, 11) is 0. The fourth-order valence-electron chi connectivity index (χ4n) is 0.290. The van der Waals surface area contributed by atoms with E-state index in [-0.39, 0.29) is 5.91 Å². The third-order valence-electron chi connectivity index (χ3n) is 0.535. The van der Waals surface area contributed by atoms with Crippen LogP contribution in [-0.4, -0.2) is 16.0 Å². The summed E-state index contributed by atoms with van der Waals surface area (Å²) in [5.41, 5.74) is 0. The van der Waals surface area contributed by atoms with Crippen LogP contribution in [0.1, 0.15) is 0 Å². The molecule has 0 fully saturated rings. The van der Waals surface area contributed by atoms with Crippen LogP contribution in [0.4, 0.5) is 0 Å². The molecule has 4 heteroatoms. The van der Waals surface area contributed by atoms with E-state index < -0.39 is 0 Å². The number of amides is 1. The van der Waals surface area contributed by atoms with Crippen LogP contribution in [0.25, 0.3) is 0 Å². The van der Waals surface area contributed by atoms with Crippen molar-refractivity contribution < 1.29 is 4.79 Å². The topological polar surface area (TPSA) is 29.4 Å². The first-order chi connectivity index (χ1) is 3.29. The van der Waals surface area contributed by atoms with Gasteiger partial charge in [-0.05, 0) is 4.38 Å². The average Bonchev–Trinajstić information content (AvgIpc) is 1.87. The lowest BCUT2D eigenvalue weighted by atomic mass is 10.8. The average molecular weight is 132 g/mol. The second-order valence-corrected chi connectivity index (χ2v) is 2.67. The summed E-state index contributed by atoms with van der Waals surface area (Å²) in [6.45, 7) is 0. The second-order valence-electron chi connectivity index (χ2n) is 1.06. The molecule has 1 aliphatic heterocycles. The van der Waals surface area contributed by atoms with E-state index in [4.69, 9.17) is 0 Å². The second kappa shape index (κ2) is 1.79. The van der Waals surface area contributed by atoms with Gasteiger partial charge in [-0.25, -0.2) is 4.99 Å². The van der Waals surface area contributed by atoms with Gasteiger partial charge in [-0.3, -0.25) is 4.79 Å². The lowest BCUT2D eigenvalue weighted by Gasteiger charge is -1.94. The van der Waals surface area contributed by atoms with Gasteiger partial charge in [-0.1, -0.05) is 0 Å². The van der Waals surface area contributed by atoms with Crippen LogP contribution >= 0.6 is 11.8 Å². The first-order valence-electron chi connectivity index (χ1n) is 1.70. The fourth-order valence-corrected chi connectivity index (χ4v) is 1.05. The molecule has 7 heavy (non-hydrogen) atoms. The van der Waals surface area contributed by atoms with Crippen LogP contribution < -0.4 is 0 Å². The van der Waals surface area contributed by atoms with E-state index in [1.807, 2.05) is 0 Å². The fraction of sp³-hybridized carbons (Fsp3) is 0.333. The van der Waals surface area contributed by atoms with E-state index in [1.54, 1.807) is 0 Å². The lowest BCUT2D eigenvalue weighted by molar-refractivity contribution is -0.115. The highest BCUT2D eigenvalue weighted by atomic mass is 32.2. The van der Waals surface area contributed by atoms with E-state index in [0.29, 0.717) is 10.1 Å². The Kier molecular flexibility index (Phi) is 1.30. The highest BCUT2D eigenvalue weighted by molar-refractivity contribution is 8.27. The van der Waals surface area contributed by atoms with Crippen molar-refractivity contribution in [3.8, 4) is 0 Å². The van der Waals surface area contributed by atoms with Crippen molar-refractivity contribution in [2.24, 2.45) is 4.99 Å². The smallest absolute Gasteiger partial charge is 0.254 e. The van der Waals surface area contributed by atoms with E-state index in [2.05, 4.69) is 17.6 Å². The molecule has 0 bridgehead atoms. The van der Waals surface area contributed by atoms with Crippen LogP contribution in [0, 0.1) is 0 Å². The van der Waals surface area contributed by atoms with Gasteiger partial charge in [-0.2, -0.15) is 0 Å². The molecule has 0 saturated heterocycles. The predicted molar refractivity (Wildman–Crippen MR) is 32.3 cm³/mol. The van der Waals surface area contributed by atoms with Gasteiger partial charge in [-0.15, -0.1) is 11.8 Å². The van der Waals surface area contributed by atoms with Gasteiger partial charge >= 0.3 is 0 Å². The van der Waals surface area contributed by atoms with Crippen molar-refractivity contribution in [3.63, 3.8) is 0 Å². The van der Waals surface area contributed by atoms with Gasteiger partial charge in [0.25, 0.3) is 5.91 Å². The molecule has 0 unspecified atom stereocenters. The number of hydrogen-bond acceptors (Lipinski definition) is 3. The van der Waals surface area contributed by atoms with Crippen molar-refractivity contribution in [2.45, 2.75) is 0 Å². The molecule has 2 nitrogen and oxygen atoms in total. The summed E-state index contributed by atoms with van der Waals surface area (Å²) in [6, 6.07) is 0. The SMILES string of the molecule is O=C1CSC([S-])=N1. The van der Waals surface area contributed by atoms with Crippen molar-refractivity contribution in [1.29, 1.82) is 0 Å². The van der Waals surface area contributed by atoms with Crippen LogP contribution in [0.5, 0.6) is 0 Å². The van der Waals surface area contributed by atoms with E-state index >= 15 is 0 Å². The number of carbonyl (C=O) groups excluding carboxylic acids is 1. The Morgan fingerprint density at radius 3 is 2.71 bits per heavy atom. The number of rotatable bonds is 0. The van der Waals surface area contributed by atoms with Crippen molar-refractivity contribution in [2.75, 3.05) is 5.75 Å². The Labute approximate surface area is 50.8 Å². The zero-order valence-corrected chi connectivity index (χ0v) is 5.01. The number of carbonyl (C=O) groups is 1. The van der Waals surface area contributed by atoms with E-state index in [1.165, 1.54) is 11.8 Å². The summed E-state index contributed by atoms with van der Waals surface area (Å²) < 4.78 is 0.477. The Morgan fingerprint density at radius 2 is 2.57 bits per heavy atom.